The van der Waals surface area contributed by atoms with Crippen molar-refractivity contribution in [1.82, 2.24) is 4.98 Å². The molecule has 0 aliphatic heterocycles. The number of pyridine rings is 1. The van der Waals surface area contributed by atoms with Crippen molar-refractivity contribution in [1.29, 1.82) is 0 Å². The molecule has 0 spiro atoms. The summed E-state index contributed by atoms with van der Waals surface area (Å²) in [5.74, 6) is 1.15. The average molecular weight is 253 g/mol. The van der Waals surface area contributed by atoms with E-state index >= 15 is 0 Å². The number of aromatic nitrogens is 1. The molecule has 0 aromatic carbocycles. The molecule has 1 heterocycles. The number of thiocarbonyl (C=S) groups is 1. The summed E-state index contributed by atoms with van der Waals surface area (Å²) in [5, 5.41) is 3.26. The fraction of sp³-hybridized carbons (Fsp3) is 0.500. The van der Waals surface area contributed by atoms with E-state index in [-0.39, 0.29) is 0 Å². The molecule has 5 heteroatoms. The van der Waals surface area contributed by atoms with Gasteiger partial charge in [-0.05, 0) is 25.0 Å². The van der Waals surface area contributed by atoms with Crippen LogP contribution in [0.5, 0.6) is 0 Å². The van der Waals surface area contributed by atoms with E-state index in [1.165, 1.54) is 0 Å². The summed E-state index contributed by atoms with van der Waals surface area (Å²) >= 11 is 5.00. The van der Waals surface area contributed by atoms with E-state index < -0.39 is 0 Å². The number of anilines is 1. The molecule has 1 rings (SSSR count). The van der Waals surface area contributed by atoms with E-state index in [0.717, 1.165) is 23.6 Å². The Balaban J connectivity index is 2.75. The van der Waals surface area contributed by atoms with Crippen molar-refractivity contribution in [3.63, 3.8) is 0 Å². The molecule has 1 aromatic rings. The van der Waals surface area contributed by atoms with Crippen LogP contribution in [0.1, 0.15) is 18.2 Å². The molecule has 1 unspecified atom stereocenters. The van der Waals surface area contributed by atoms with Gasteiger partial charge in [-0.15, -0.1) is 0 Å². The van der Waals surface area contributed by atoms with Crippen molar-refractivity contribution in [2.24, 2.45) is 11.7 Å². The minimum Gasteiger partial charge on any atom is -0.389 e. The van der Waals surface area contributed by atoms with Gasteiger partial charge in [0.15, 0.2) is 0 Å². The topological polar surface area (TPSA) is 60.2 Å². The molecule has 4 nitrogen and oxygen atoms in total. The summed E-state index contributed by atoms with van der Waals surface area (Å²) in [4.78, 5) is 4.77. The Morgan fingerprint density at radius 3 is 2.88 bits per heavy atom. The summed E-state index contributed by atoms with van der Waals surface area (Å²) < 4.78 is 5.08. The Bertz CT molecular complexity index is 395. The summed E-state index contributed by atoms with van der Waals surface area (Å²) in [5.41, 5.74) is 7.38. The van der Waals surface area contributed by atoms with Gasteiger partial charge in [0.2, 0.25) is 0 Å². The molecule has 0 saturated heterocycles. The minimum absolute atomic E-state index is 0.361. The van der Waals surface area contributed by atoms with Crippen LogP contribution in [-0.2, 0) is 4.74 Å². The maximum absolute atomic E-state index is 5.66. The van der Waals surface area contributed by atoms with Crippen molar-refractivity contribution in [2.45, 2.75) is 13.8 Å². The molecular weight excluding hydrogens is 234 g/mol. The first kappa shape index (κ1) is 13.9. The predicted molar refractivity (Wildman–Crippen MR) is 74.4 cm³/mol. The fourth-order valence-electron chi connectivity index (χ4n) is 1.50. The molecule has 17 heavy (non-hydrogen) atoms. The van der Waals surface area contributed by atoms with E-state index in [1.807, 2.05) is 19.1 Å². The summed E-state index contributed by atoms with van der Waals surface area (Å²) in [6.07, 6.45) is 0. The fourth-order valence-corrected chi connectivity index (χ4v) is 1.67. The van der Waals surface area contributed by atoms with Crippen LogP contribution in [-0.4, -0.2) is 30.2 Å². The first-order valence-corrected chi connectivity index (χ1v) is 5.95. The lowest BCUT2D eigenvalue weighted by atomic mass is 10.2. The number of ether oxygens (including phenoxy) is 1. The monoisotopic (exact) mass is 253 g/mol. The molecule has 0 aliphatic carbocycles. The van der Waals surface area contributed by atoms with Crippen molar-refractivity contribution in [2.75, 3.05) is 25.6 Å². The van der Waals surface area contributed by atoms with E-state index in [9.17, 15) is 0 Å². The third-order valence-electron chi connectivity index (χ3n) is 2.37. The maximum atomic E-state index is 5.66. The lowest BCUT2D eigenvalue weighted by molar-refractivity contribution is 0.164. The highest BCUT2D eigenvalue weighted by Crippen LogP contribution is 2.14. The number of nitrogens with one attached hydrogen (secondary N) is 1. The lowest BCUT2D eigenvalue weighted by Gasteiger charge is -2.14. The minimum atomic E-state index is 0.361. The van der Waals surface area contributed by atoms with E-state index in [1.54, 1.807) is 7.11 Å². The largest absolute Gasteiger partial charge is 0.389 e. The smallest absolute Gasteiger partial charge is 0.136 e. The van der Waals surface area contributed by atoms with Gasteiger partial charge in [0.05, 0.1) is 12.2 Å². The maximum Gasteiger partial charge on any atom is 0.136 e. The first-order valence-electron chi connectivity index (χ1n) is 5.55. The van der Waals surface area contributed by atoms with Crippen LogP contribution in [0, 0.1) is 12.8 Å². The molecule has 94 valence electrons. The van der Waals surface area contributed by atoms with Crippen LogP contribution in [0.2, 0.25) is 0 Å². The zero-order chi connectivity index (χ0) is 12.8. The Labute approximate surface area is 108 Å². The van der Waals surface area contributed by atoms with Gasteiger partial charge in [0.25, 0.3) is 0 Å². The number of nitrogens with zero attached hydrogens (tertiary/aromatic N) is 1. The second-order valence-electron chi connectivity index (χ2n) is 4.15. The third-order valence-corrected chi connectivity index (χ3v) is 2.59. The van der Waals surface area contributed by atoms with Crippen molar-refractivity contribution < 1.29 is 4.74 Å². The van der Waals surface area contributed by atoms with Gasteiger partial charge in [-0.1, -0.05) is 19.1 Å². The van der Waals surface area contributed by atoms with E-state index in [4.69, 9.17) is 22.7 Å². The molecular formula is C12H19N3OS. The first-order chi connectivity index (χ1) is 8.04. The molecule has 0 saturated carbocycles. The van der Waals surface area contributed by atoms with Gasteiger partial charge in [-0.3, -0.25) is 0 Å². The number of hydrogen-bond acceptors (Lipinski definition) is 4. The van der Waals surface area contributed by atoms with Crippen LogP contribution >= 0.6 is 12.2 Å². The quantitative estimate of drug-likeness (QED) is 0.756. The molecule has 3 N–H and O–H groups in total. The van der Waals surface area contributed by atoms with Crippen molar-refractivity contribution >= 4 is 23.0 Å². The molecule has 1 atom stereocenters. The number of aryl methyl sites for hydroxylation is 1. The van der Waals surface area contributed by atoms with Gasteiger partial charge in [0.1, 0.15) is 10.8 Å². The van der Waals surface area contributed by atoms with Crippen LogP contribution < -0.4 is 11.1 Å². The normalized spacial score (nSPS) is 12.2. The third kappa shape index (κ3) is 4.28. The zero-order valence-electron chi connectivity index (χ0n) is 10.5. The van der Waals surface area contributed by atoms with E-state index in [2.05, 4.69) is 17.2 Å². The number of hydrogen-bond donors (Lipinski definition) is 2. The Hall–Kier alpha value is -1.20. The van der Waals surface area contributed by atoms with Crippen molar-refractivity contribution in [3.8, 4) is 0 Å². The molecule has 0 radical (unpaired) electrons. The molecule has 0 aliphatic rings. The molecule has 1 aromatic heterocycles. The predicted octanol–water partition coefficient (Wildman–Crippen LogP) is 1.72. The Morgan fingerprint density at radius 2 is 2.29 bits per heavy atom. The highest BCUT2D eigenvalue weighted by atomic mass is 32.1. The SMILES string of the molecule is COCC(C)CNc1nc(C)ccc1C(N)=S. The molecule has 0 bridgehead atoms. The second kappa shape index (κ2) is 6.51. The van der Waals surface area contributed by atoms with Crippen molar-refractivity contribution in [3.05, 3.63) is 23.4 Å². The zero-order valence-corrected chi connectivity index (χ0v) is 11.3. The van der Waals surface area contributed by atoms with Gasteiger partial charge in [-0.2, -0.15) is 0 Å². The van der Waals surface area contributed by atoms with Gasteiger partial charge >= 0.3 is 0 Å². The molecule has 0 fully saturated rings. The van der Waals surface area contributed by atoms with Crippen LogP contribution in [0.4, 0.5) is 5.82 Å². The number of rotatable bonds is 6. The average Bonchev–Trinajstić information content (AvgIpc) is 2.26. The number of nitrogens with two attached hydrogens (primary N) is 1. The van der Waals surface area contributed by atoms with Crippen LogP contribution in [0.15, 0.2) is 12.1 Å². The van der Waals surface area contributed by atoms with Gasteiger partial charge in [0, 0.05) is 19.3 Å². The molecule has 0 amide bonds. The summed E-state index contributed by atoms with van der Waals surface area (Å²) in [6.45, 7) is 5.53. The lowest BCUT2D eigenvalue weighted by Crippen LogP contribution is -2.20. The van der Waals surface area contributed by atoms with Crippen LogP contribution in [0.25, 0.3) is 0 Å². The highest BCUT2D eigenvalue weighted by molar-refractivity contribution is 7.80. The Morgan fingerprint density at radius 1 is 1.59 bits per heavy atom. The highest BCUT2D eigenvalue weighted by Gasteiger charge is 2.08. The van der Waals surface area contributed by atoms with Gasteiger partial charge < -0.3 is 15.8 Å². The van der Waals surface area contributed by atoms with Crippen LogP contribution in [0.3, 0.4) is 0 Å². The Kier molecular flexibility index (Phi) is 5.31. The second-order valence-corrected chi connectivity index (χ2v) is 4.59. The standard InChI is InChI=1S/C12H19N3OS/c1-8(7-16-3)6-14-12-10(11(13)17)5-4-9(2)15-12/h4-5,8H,6-7H2,1-3H3,(H2,13,17)(H,14,15). The number of methoxy groups -OCH3 is 1. The summed E-state index contributed by atoms with van der Waals surface area (Å²) in [7, 11) is 1.70. The van der Waals surface area contributed by atoms with E-state index in [0.29, 0.717) is 17.5 Å². The summed E-state index contributed by atoms with van der Waals surface area (Å²) in [6, 6.07) is 3.80. The van der Waals surface area contributed by atoms with Gasteiger partial charge in [-0.25, -0.2) is 4.98 Å².